The van der Waals surface area contributed by atoms with E-state index in [9.17, 15) is 14.4 Å². The van der Waals surface area contributed by atoms with Crippen molar-refractivity contribution < 1.29 is 33.0 Å². The maximum absolute atomic E-state index is 15.4. The van der Waals surface area contributed by atoms with Gasteiger partial charge in [-0.25, -0.2) is 19.2 Å². The fourth-order valence-electron chi connectivity index (χ4n) is 7.34. The number of aromatic nitrogens is 1. The first-order chi connectivity index (χ1) is 29.7. The number of piperazine rings is 1. The van der Waals surface area contributed by atoms with E-state index in [2.05, 4.69) is 39.5 Å². The molecule has 3 heterocycles. The molecular formula is C46H66FN9O6. The quantitative estimate of drug-likeness (QED) is 0.0761. The van der Waals surface area contributed by atoms with Crippen LogP contribution in [0.5, 0.6) is 5.75 Å². The van der Waals surface area contributed by atoms with E-state index in [1.807, 2.05) is 94.1 Å². The molecule has 2 aromatic carbocycles. The zero-order chi connectivity index (χ0) is 44.6. The second-order valence-corrected chi connectivity index (χ2v) is 16.7. The van der Waals surface area contributed by atoms with Crippen LogP contribution in [0.4, 0.5) is 15.0 Å². The summed E-state index contributed by atoms with van der Waals surface area (Å²) in [5.74, 6) is -0.453. The number of carbonyl (C=O) groups excluding carboxylic acids is 3. The largest absolute Gasteiger partial charge is 0.488 e. The van der Waals surface area contributed by atoms with E-state index in [-0.39, 0.29) is 45.0 Å². The number of nitrogens with one attached hydrogen (secondary N) is 3. The molecule has 0 radical (unpaired) electrons. The van der Waals surface area contributed by atoms with Crippen LogP contribution in [0, 0.1) is 5.82 Å². The van der Waals surface area contributed by atoms with Crippen LogP contribution < -0.4 is 25.7 Å². The molecule has 0 aliphatic carbocycles. The van der Waals surface area contributed by atoms with Gasteiger partial charge in [-0.05, 0) is 77.1 Å². The molecule has 2 fully saturated rings. The van der Waals surface area contributed by atoms with Gasteiger partial charge in [-0.3, -0.25) is 19.9 Å². The molecule has 15 nitrogen and oxygen atoms in total. The van der Waals surface area contributed by atoms with Crippen LogP contribution in [0.1, 0.15) is 51.4 Å². The molecule has 3 N–H and O–H groups in total. The van der Waals surface area contributed by atoms with Crippen LogP contribution >= 0.6 is 0 Å². The van der Waals surface area contributed by atoms with Gasteiger partial charge in [-0.2, -0.15) is 0 Å². The van der Waals surface area contributed by atoms with Crippen LogP contribution in [-0.4, -0.2) is 146 Å². The molecule has 338 valence electrons. The Morgan fingerprint density at radius 2 is 1.63 bits per heavy atom. The molecule has 0 unspecified atom stereocenters. The average Bonchev–Trinajstić information content (AvgIpc) is 3.21. The van der Waals surface area contributed by atoms with Crippen molar-refractivity contribution in [3.8, 4) is 5.75 Å². The highest BCUT2D eigenvalue weighted by Crippen LogP contribution is 2.27. The van der Waals surface area contributed by atoms with Gasteiger partial charge in [0.1, 0.15) is 17.4 Å². The minimum Gasteiger partial charge on any atom is -0.488 e. The molecule has 1 aromatic heterocycles. The number of hydrogen-bond acceptors (Lipinski definition) is 11. The zero-order valence-electron chi connectivity index (χ0n) is 37.3. The van der Waals surface area contributed by atoms with Crippen molar-refractivity contribution in [1.29, 1.82) is 0 Å². The Hall–Kier alpha value is -5.13. The molecule has 16 heteroatoms. The zero-order valence-corrected chi connectivity index (χ0v) is 37.3. The summed E-state index contributed by atoms with van der Waals surface area (Å²) in [6, 6.07) is 18.6. The Kier molecular flexibility index (Phi) is 18.0. The second kappa shape index (κ2) is 23.4. The number of likely N-dealkylation sites (N-methyl/N-ethyl adjacent to an activating group) is 1. The monoisotopic (exact) mass is 860 g/mol. The van der Waals surface area contributed by atoms with Crippen molar-refractivity contribution in [1.82, 2.24) is 40.8 Å². The first-order valence-corrected chi connectivity index (χ1v) is 21.6. The van der Waals surface area contributed by atoms with Gasteiger partial charge in [0.05, 0.1) is 25.3 Å². The van der Waals surface area contributed by atoms with Crippen molar-refractivity contribution >= 4 is 23.7 Å². The standard InChI is InChI=1S/C46H66FN9O6/c1-8-22-56(51-45(59)48-28-35-14-12-11-13-15-35)32-41(57)50-40(27-34-16-19-38(20-17-34)62-46(4,5)6)44(58)55(33-42(60-9-2)61-10-3)29-36-18-21-39(47)43(49-36)54-30-37(31-54)53-25-23-52(7)24-26-53/h8,11-21,37,40,42H,1,9-10,22-33H2,2-7H3,(H,50,57)(H2,48,51,59)/t40-/m0/s1. The summed E-state index contributed by atoms with van der Waals surface area (Å²) in [6.07, 6.45) is 0.913. The van der Waals surface area contributed by atoms with Gasteiger partial charge in [0, 0.05) is 78.0 Å². The normalized spacial score (nSPS) is 15.5. The van der Waals surface area contributed by atoms with Crippen LogP contribution in [0.2, 0.25) is 0 Å². The molecule has 1 atom stereocenters. The minimum atomic E-state index is -1.07. The number of benzene rings is 2. The summed E-state index contributed by atoms with van der Waals surface area (Å²) in [6.45, 7) is 19.5. The molecule has 0 saturated carbocycles. The van der Waals surface area contributed by atoms with Crippen molar-refractivity contribution in [3.05, 3.63) is 102 Å². The highest BCUT2D eigenvalue weighted by molar-refractivity contribution is 5.89. The molecule has 5 rings (SSSR count). The van der Waals surface area contributed by atoms with Gasteiger partial charge in [-0.1, -0.05) is 48.5 Å². The van der Waals surface area contributed by atoms with E-state index >= 15 is 4.39 Å². The van der Waals surface area contributed by atoms with Gasteiger partial charge in [0.25, 0.3) is 0 Å². The number of halogens is 1. The Labute approximate surface area is 366 Å². The van der Waals surface area contributed by atoms with Gasteiger partial charge in [-0.15, -0.1) is 6.58 Å². The Bertz CT molecular complexity index is 1880. The fraction of sp³-hybridized carbons (Fsp3) is 0.522. The molecule has 2 aliphatic heterocycles. The summed E-state index contributed by atoms with van der Waals surface area (Å²) in [4.78, 5) is 54.7. The molecular weight excluding hydrogens is 794 g/mol. The number of urea groups is 1. The summed E-state index contributed by atoms with van der Waals surface area (Å²) >= 11 is 0. The molecule has 0 bridgehead atoms. The van der Waals surface area contributed by atoms with Crippen LogP contribution in [0.25, 0.3) is 0 Å². The first kappa shape index (κ1) is 47.9. The Balaban J connectivity index is 1.37. The van der Waals surface area contributed by atoms with E-state index in [0.717, 1.165) is 37.3 Å². The third-order valence-corrected chi connectivity index (χ3v) is 10.5. The summed E-state index contributed by atoms with van der Waals surface area (Å²) < 4.78 is 33.3. The van der Waals surface area contributed by atoms with E-state index in [0.29, 0.717) is 43.8 Å². The van der Waals surface area contributed by atoms with E-state index < -0.39 is 41.6 Å². The van der Waals surface area contributed by atoms with Gasteiger partial charge in [0.15, 0.2) is 17.9 Å². The minimum absolute atomic E-state index is 0.00501. The third-order valence-electron chi connectivity index (χ3n) is 10.5. The molecule has 2 aliphatic rings. The fourth-order valence-corrected chi connectivity index (χ4v) is 7.34. The second-order valence-electron chi connectivity index (χ2n) is 16.7. The number of anilines is 1. The molecule has 3 aromatic rings. The lowest BCUT2D eigenvalue weighted by molar-refractivity contribution is -0.161. The van der Waals surface area contributed by atoms with Crippen molar-refractivity contribution in [2.24, 2.45) is 0 Å². The van der Waals surface area contributed by atoms with Crippen molar-refractivity contribution in [3.63, 3.8) is 0 Å². The Morgan fingerprint density at radius 1 is 0.952 bits per heavy atom. The Morgan fingerprint density at radius 3 is 2.26 bits per heavy atom. The molecule has 62 heavy (non-hydrogen) atoms. The number of hydrogen-bond donors (Lipinski definition) is 3. The number of pyridine rings is 1. The number of carbonyl (C=O) groups is 3. The molecule has 2 saturated heterocycles. The van der Waals surface area contributed by atoms with Crippen LogP contribution in [0.3, 0.4) is 0 Å². The van der Waals surface area contributed by atoms with Gasteiger partial charge >= 0.3 is 6.03 Å². The highest BCUT2D eigenvalue weighted by atomic mass is 19.1. The third kappa shape index (κ3) is 15.0. The highest BCUT2D eigenvalue weighted by Gasteiger charge is 2.36. The van der Waals surface area contributed by atoms with E-state index in [1.54, 1.807) is 17.0 Å². The number of nitrogens with zero attached hydrogens (tertiary/aromatic N) is 6. The van der Waals surface area contributed by atoms with Gasteiger partial charge in [0.2, 0.25) is 11.8 Å². The smallest absolute Gasteiger partial charge is 0.329 e. The lowest BCUT2D eigenvalue weighted by Gasteiger charge is -2.48. The maximum Gasteiger partial charge on any atom is 0.329 e. The summed E-state index contributed by atoms with van der Waals surface area (Å²) in [5, 5.41) is 7.16. The number of amides is 4. The summed E-state index contributed by atoms with van der Waals surface area (Å²) in [7, 11) is 2.12. The summed E-state index contributed by atoms with van der Waals surface area (Å²) in [5.41, 5.74) is 4.47. The van der Waals surface area contributed by atoms with Crippen LogP contribution in [-0.2, 0) is 38.6 Å². The predicted molar refractivity (Wildman–Crippen MR) is 238 cm³/mol. The first-order valence-electron chi connectivity index (χ1n) is 21.6. The van der Waals surface area contributed by atoms with E-state index in [4.69, 9.17) is 19.2 Å². The average molecular weight is 860 g/mol. The maximum atomic E-state index is 15.4. The van der Waals surface area contributed by atoms with Gasteiger partial charge < -0.3 is 39.5 Å². The van der Waals surface area contributed by atoms with E-state index in [1.165, 1.54) is 11.1 Å². The molecule has 4 amide bonds. The van der Waals surface area contributed by atoms with Crippen molar-refractivity contribution in [2.75, 3.05) is 84.1 Å². The lowest BCUT2D eigenvalue weighted by Crippen LogP contribution is -2.63. The van der Waals surface area contributed by atoms with Crippen molar-refractivity contribution in [2.45, 2.75) is 78.1 Å². The number of ether oxygens (including phenoxy) is 3. The molecule has 0 spiro atoms. The number of rotatable bonds is 22. The lowest BCUT2D eigenvalue weighted by atomic mass is 10.0. The predicted octanol–water partition coefficient (Wildman–Crippen LogP) is 4.19. The SMILES string of the molecule is C=CCN(CC(=O)N[C@@H](Cc1ccc(OC(C)(C)C)cc1)C(=O)N(Cc1ccc(F)c(N2CC(N3CCN(C)CC3)C2)n1)CC(OCC)OCC)NC(=O)NCc1ccccc1. The van der Waals surface area contributed by atoms with Crippen LogP contribution in [0.15, 0.2) is 79.4 Å². The number of hydrazine groups is 1. The topological polar surface area (TPSA) is 144 Å².